The summed E-state index contributed by atoms with van der Waals surface area (Å²) in [5, 5.41) is 3.17. The first-order chi connectivity index (χ1) is 9.72. The summed E-state index contributed by atoms with van der Waals surface area (Å²) in [5.74, 6) is -0.580. The lowest BCUT2D eigenvalue weighted by molar-refractivity contribution is 0.359. The Labute approximate surface area is 116 Å². The van der Waals surface area contributed by atoms with Crippen molar-refractivity contribution in [2.75, 3.05) is 19.0 Å². The topological polar surface area (TPSA) is 21.3 Å². The fourth-order valence-corrected chi connectivity index (χ4v) is 2.63. The number of fused-ring (bicyclic) bond motifs is 1. The number of hydrogen-bond donors (Lipinski definition) is 1. The van der Waals surface area contributed by atoms with Crippen LogP contribution in [0.3, 0.4) is 0 Å². The largest absolute Gasteiger partial charge is 0.494 e. The van der Waals surface area contributed by atoms with Gasteiger partial charge < -0.3 is 10.1 Å². The monoisotopic (exact) mass is 275 g/mol. The second kappa shape index (κ2) is 5.12. The van der Waals surface area contributed by atoms with Gasteiger partial charge in [0.1, 0.15) is 0 Å². The van der Waals surface area contributed by atoms with Gasteiger partial charge in [0.25, 0.3) is 0 Å². The standard InChI is InChI=1S/C16H15F2NO/c1-20-13-7-3-5-11(15(13)18)14(17)12-6-2-4-10-8-9-19-16(10)12/h2-7,14,19H,8-9H2,1H3. The molecule has 20 heavy (non-hydrogen) atoms. The van der Waals surface area contributed by atoms with E-state index in [4.69, 9.17) is 4.74 Å². The Hall–Kier alpha value is -2.10. The SMILES string of the molecule is COc1cccc(C(F)c2cccc3c2NCC3)c1F. The quantitative estimate of drug-likeness (QED) is 0.918. The molecule has 0 aromatic heterocycles. The molecule has 1 aliphatic rings. The van der Waals surface area contributed by atoms with Gasteiger partial charge in [-0.1, -0.05) is 30.3 Å². The maximum absolute atomic E-state index is 14.8. The van der Waals surface area contributed by atoms with Crippen molar-refractivity contribution in [3.05, 3.63) is 58.9 Å². The third kappa shape index (κ3) is 2.01. The van der Waals surface area contributed by atoms with Gasteiger partial charge in [0.05, 0.1) is 7.11 Å². The molecule has 0 bridgehead atoms. The number of para-hydroxylation sites is 1. The van der Waals surface area contributed by atoms with Crippen molar-refractivity contribution in [2.45, 2.75) is 12.6 Å². The maximum atomic E-state index is 14.8. The number of nitrogens with one attached hydrogen (secondary N) is 1. The lowest BCUT2D eigenvalue weighted by atomic mass is 9.98. The third-order valence-corrected chi connectivity index (χ3v) is 3.64. The van der Waals surface area contributed by atoms with Crippen LogP contribution >= 0.6 is 0 Å². The second-order valence-corrected chi connectivity index (χ2v) is 4.78. The first-order valence-corrected chi connectivity index (χ1v) is 6.54. The van der Waals surface area contributed by atoms with Crippen LogP contribution in [0, 0.1) is 5.82 Å². The molecule has 0 fully saturated rings. The minimum atomic E-state index is -1.51. The maximum Gasteiger partial charge on any atom is 0.171 e. The second-order valence-electron chi connectivity index (χ2n) is 4.78. The molecule has 2 nitrogen and oxygen atoms in total. The molecule has 1 N–H and O–H groups in total. The van der Waals surface area contributed by atoms with Gasteiger partial charge in [0, 0.05) is 23.4 Å². The summed E-state index contributed by atoms with van der Waals surface area (Å²) in [6.07, 6.45) is -0.637. The normalized spacial score (nSPS) is 14.6. The number of rotatable bonds is 3. The van der Waals surface area contributed by atoms with Crippen LogP contribution < -0.4 is 10.1 Å². The minimum absolute atomic E-state index is 0.00597. The summed E-state index contributed by atoms with van der Waals surface area (Å²) in [4.78, 5) is 0. The van der Waals surface area contributed by atoms with Gasteiger partial charge in [0.15, 0.2) is 17.7 Å². The molecule has 1 unspecified atom stereocenters. The molecule has 0 spiro atoms. The van der Waals surface area contributed by atoms with Crippen molar-refractivity contribution in [2.24, 2.45) is 0 Å². The molecular weight excluding hydrogens is 260 g/mol. The highest BCUT2D eigenvalue weighted by atomic mass is 19.1. The summed E-state index contributed by atoms with van der Waals surface area (Å²) in [6, 6.07) is 10.0. The van der Waals surface area contributed by atoms with Crippen molar-refractivity contribution >= 4 is 5.69 Å². The van der Waals surface area contributed by atoms with Crippen LogP contribution in [0.4, 0.5) is 14.5 Å². The molecule has 104 valence electrons. The summed E-state index contributed by atoms with van der Waals surface area (Å²) < 4.78 is 33.8. The summed E-state index contributed by atoms with van der Waals surface area (Å²) in [6.45, 7) is 0.791. The number of benzene rings is 2. The highest BCUT2D eigenvalue weighted by Gasteiger charge is 2.24. The Morgan fingerprint density at radius 1 is 1.15 bits per heavy atom. The predicted molar refractivity (Wildman–Crippen MR) is 74.5 cm³/mol. The molecule has 0 amide bonds. The zero-order valence-corrected chi connectivity index (χ0v) is 11.1. The average Bonchev–Trinajstić information content (AvgIpc) is 2.95. The van der Waals surface area contributed by atoms with E-state index >= 15 is 0 Å². The Bertz CT molecular complexity index is 642. The predicted octanol–water partition coefficient (Wildman–Crippen LogP) is 3.86. The molecule has 2 aromatic rings. The van der Waals surface area contributed by atoms with Gasteiger partial charge in [-0.25, -0.2) is 8.78 Å². The van der Waals surface area contributed by atoms with Gasteiger partial charge in [-0.3, -0.25) is 0 Å². The average molecular weight is 275 g/mol. The van der Waals surface area contributed by atoms with Crippen LogP contribution in [0.25, 0.3) is 0 Å². The fraction of sp³-hybridized carbons (Fsp3) is 0.250. The van der Waals surface area contributed by atoms with Crippen LogP contribution in [-0.2, 0) is 6.42 Å². The van der Waals surface area contributed by atoms with Crippen molar-refractivity contribution < 1.29 is 13.5 Å². The first-order valence-electron chi connectivity index (χ1n) is 6.54. The van der Waals surface area contributed by atoms with Crippen molar-refractivity contribution in [1.82, 2.24) is 0 Å². The van der Waals surface area contributed by atoms with Gasteiger partial charge in [-0.2, -0.15) is 0 Å². The smallest absolute Gasteiger partial charge is 0.171 e. The zero-order chi connectivity index (χ0) is 14.1. The third-order valence-electron chi connectivity index (χ3n) is 3.64. The van der Waals surface area contributed by atoms with Crippen LogP contribution in [0.2, 0.25) is 0 Å². The number of hydrogen-bond acceptors (Lipinski definition) is 2. The Morgan fingerprint density at radius 2 is 1.90 bits per heavy atom. The van der Waals surface area contributed by atoms with E-state index < -0.39 is 12.0 Å². The van der Waals surface area contributed by atoms with Crippen molar-refractivity contribution in [3.8, 4) is 5.75 Å². The molecule has 1 heterocycles. The summed E-state index contributed by atoms with van der Waals surface area (Å²) in [7, 11) is 1.37. The van der Waals surface area contributed by atoms with E-state index in [1.54, 1.807) is 12.1 Å². The molecule has 0 saturated heterocycles. The lowest BCUT2D eigenvalue weighted by Crippen LogP contribution is -2.03. The fourth-order valence-electron chi connectivity index (χ4n) is 2.63. The van der Waals surface area contributed by atoms with Gasteiger partial charge >= 0.3 is 0 Å². The number of alkyl halides is 1. The van der Waals surface area contributed by atoms with Gasteiger partial charge in [-0.15, -0.1) is 0 Å². The highest BCUT2D eigenvalue weighted by molar-refractivity contribution is 5.63. The molecule has 0 radical (unpaired) electrons. The van der Waals surface area contributed by atoms with E-state index in [0.717, 1.165) is 24.2 Å². The van der Waals surface area contributed by atoms with Crippen molar-refractivity contribution in [3.63, 3.8) is 0 Å². The Kier molecular flexibility index (Phi) is 3.30. The molecular formula is C16H15F2NO. The Balaban J connectivity index is 2.06. The lowest BCUT2D eigenvalue weighted by Gasteiger charge is -2.15. The van der Waals surface area contributed by atoms with Gasteiger partial charge in [0.2, 0.25) is 0 Å². The zero-order valence-electron chi connectivity index (χ0n) is 11.1. The van der Waals surface area contributed by atoms with Crippen LogP contribution in [0.15, 0.2) is 36.4 Å². The summed E-state index contributed by atoms with van der Waals surface area (Å²) in [5.41, 5.74) is 2.36. The number of halogens is 2. The van der Waals surface area contributed by atoms with E-state index in [0.29, 0.717) is 5.56 Å². The molecule has 0 aliphatic carbocycles. The molecule has 0 saturated carbocycles. The first kappa shape index (κ1) is 12.9. The van der Waals surface area contributed by atoms with E-state index in [1.165, 1.54) is 19.2 Å². The minimum Gasteiger partial charge on any atom is -0.494 e. The molecule has 1 aliphatic heterocycles. The van der Waals surface area contributed by atoms with E-state index in [2.05, 4.69) is 5.32 Å². The highest BCUT2D eigenvalue weighted by Crippen LogP contribution is 2.38. The summed E-state index contributed by atoms with van der Waals surface area (Å²) >= 11 is 0. The number of ether oxygens (including phenoxy) is 1. The van der Waals surface area contributed by atoms with Crippen molar-refractivity contribution in [1.29, 1.82) is 0 Å². The van der Waals surface area contributed by atoms with Crippen LogP contribution in [-0.4, -0.2) is 13.7 Å². The molecule has 3 rings (SSSR count). The number of anilines is 1. The van der Waals surface area contributed by atoms with Crippen LogP contribution in [0.5, 0.6) is 5.75 Å². The van der Waals surface area contributed by atoms with E-state index in [9.17, 15) is 8.78 Å². The molecule has 2 aromatic carbocycles. The Morgan fingerprint density at radius 3 is 2.70 bits per heavy atom. The number of methoxy groups -OCH3 is 1. The van der Waals surface area contributed by atoms with Gasteiger partial charge in [-0.05, 0) is 18.1 Å². The van der Waals surface area contributed by atoms with Crippen LogP contribution in [0.1, 0.15) is 22.9 Å². The van der Waals surface area contributed by atoms with E-state index in [1.807, 2.05) is 12.1 Å². The molecule has 1 atom stereocenters. The van der Waals surface area contributed by atoms with E-state index in [-0.39, 0.29) is 11.3 Å². The molecule has 4 heteroatoms.